The Kier molecular flexibility index (Phi) is 7.17. The van der Waals surface area contributed by atoms with Crippen molar-refractivity contribution < 1.29 is 4.79 Å². The predicted molar refractivity (Wildman–Crippen MR) is 73.0 cm³/mol. The normalized spacial score (nSPS) is 16.6. The van der Waals surface area contributed by atoms with Crippen LogP contribution in [0.4, 0.5) is 0 Å². The number of hydrogen-bond acceptors (Lipinski definition) is 3. The second-order valence-corrected chi connectivity index (χ2v) is 4.49. The fraction of sp³-hybridized carbons (Fsp3) is 0.833. The number of aliphatic imine (C=N–C) groups is 1. The molecule has 0 aromatic carbocycles. The molecular formula is C12H25N5O. The molecule has 0 aromatic heterocycles. The first-order valence-corrected chi connectivity index (χ1v) is 6.80. The van der Waals surface area contributed by atoms with Crippen LogP contribution in [-0.4, -0.2) is 42.9 Å². The Morgan fingerprint density at radius 3 is 2.67 bits per heavy atom. The van der Waals surface area contributed by atoms with Crippen molar-refractivity contribution in [3.05, 3.63) is 0 Å². The summed E-state index contributed by atoms with van der Waals surface area (Å²) < 4.78 is 0. The van der Waals surface area contributed by atoms with Gasteiger partial charge in [-0.3, -0.25) is 15.2 Å². The summed E-state index contributed by atoms with van der Waals surface area (Å²) in [6, 6.07) is 0. The molecule has 1 saturated heterocycles. The highest BCUT2D eigenvalue weighted by Crippen LogP contribution is 2.09. The number of nitrogens with one attached hydrogen (secondary N) is 2. The third-order valence-electron chi connectivity index (χ3n) is 2.97. The van der Waals surface area contributed by atoms with Crippen LogP contribution in [0.25, 0.3) is 0 Å². The molecule has 104 valence electrons. The van der Waals surface area contributed by atoms with Gasteiger partial charge < -0.3 is 10.2 Å². The highest BCUT2D eigenvalue weighted by atomic mass is 16.2. The standard InChI is InChI=1S/C12H25N5O/c1-2-7-14-12(16-13)15-8-6-11(18)17-9-4-3-5-10-17/h2-10,13H2,1H3,(H2,14,15,16). The van der Waals surface area contributed by atoms with Crippen molar-refractivity contribution in [3.63, 3.8) is 0 Å². The molecule has 0 spiro atoms. The zero-order valence-electron chi connectivity index (χ0n) is 11.2. The minimum absolute atomic E-state index is 0.217. The molecule has 6 heteroatoms. The van der Waals surface area contributed by atoms with Gasteiger partial charge in [0.05, 0.1) is 0 Å². The Morgan fingerprint density at radius 2 is 2.06 bits per heavy atom. The summed E-state index contributed by atoms with van der Waals surface area (Å²) in [5, 5.41) is 3.04. The monoisotopic (exact) mass is 255 g/mol. The Morgan fingerprint density at radius 1 is 1.33 bits per heavy atom. The minimum Gasteiger partial charge on any atom is -0.355 e. The quantitative estimate of drug-likeness (QED) is 0.284. The van der Waals surface area contributed by atoms with Crippen molar-refractivity contribution in [1.82, 2.24) is 15.6 Å². The molecule has 4 N–H and O–H groups in total. The average Bonchev–Trinajstić information content (AvgIpc) is 2.43. The topological polar surface area (TPSA) is 82.7 Å². The lowest BCUT2D eigenvalue weighted by molar-refractivity contribution is -0.131. The third kappa shape index (κ3) is 5.35. The first-order valence-electron chi connectivity index (χ1n) is 6.80. The fourth-order valence-corrected chi connectivity index (χ4v) is 1.97. The molecule has 0 atom stereocenters. The summed E-state index contributed by atoms with van der Waals surface area (Å²) in [4.78, 5) is 18.0. The van der Waals surface area contributed by atoms with Crippen LogP contribution in [-0.2, 0) is 4.79 Å². The lowest BCUT2D eigenvalue weighted by Gasteiger charge is -2.26. The van der Waals surface area contributed by atoms with Gasteiger partial charge >= 0.3 is 0 Å². The maximum atomic E-state index is 11.9. The van der Waals surface area contributed by atoms with Crippen LogP contribution in [0.3, 0.4) is 0 Å². The molecule has 0 radical (unpaired) electrons. The van der Waals surface area contributed by atoms with E-state index in [1.165, 1.54) is 6.42 Å². The van der Waals surface area contributed by atoms with Gasteiger partial charge in [0.1, 0.15) is 0 Å². The van der Waals surface area contributed by atoms with Gasteiger partial charge in [-0.2, -0.15) is 0 Å². The van der Waals surface area contributed by atoms with Gasteiger partial charge in [0, 0.05) is 32.6 Å². The van der Waals surface area contributed by atoms with E-state index in [0.29, 0.717) is 18.9 Å². The summed E-state index contributed by atoms with van der Waals surface area (Å²) >= 11 is 0. The van der Waals surface area contributed by atoms with Crippen LogP contribution < -0.4 is 16.6 Å². The van der Waals surface area contributed by atoms with E-state index in [1.54, 1.807) is 0 Å². The van der Waals surface area contributed by atoms with Crippen molar-refractivity contribution in [2.45, 2.75) is 39.0 Å². The lowest BCUT2D eigenvalue weighted by Crippen LogP contribution is -2.43. The van der Waals surface area contributed by atoms with E-state index >= 15 is 0 Å². The van der Waals surface area contributed by atoms with Crippen LogP contribution in [0.15, 0.2) is 4.99 Å². The number of guanidine groups is 1. The van der Waals surface area contributed by atoms with Gasteiger partial charge in [-0.05, 0) is 25.7 Å². The Balaban J connectivity index is 2.21. The second kappa shape index (κ2) is 8.74. The number of amides is 1. The first-order chi connectivity index (χ1) is 8.77. The summed E-state index contributed by atoms with van der Waals surface area (Å²) in [7, 11) is 0. The van der Waals surface area contributed by atoms with Gasteiger partial charge in [0.25, 0.3) is 0 Å². The predicted octanol–water partition coefficient (Wildman–Crippen LogP) is 0.208. The molecule has 18 heavy (non-hydrogen) atoms. The van der Waals surface area contributed by atoms with Gasteiger partial charge in [-0.1, -0.05) is 6.92 Å². The fourth-order valence-electron chi connectivity index (χ4n) is 1.97. The highest BCUT2D eigenvalue weighted by molar-refractivity contribution is 5.80. The Bertz CT molecular complexity index is 274. The molecule has 1 amide bonds. The lowest BCUT2D eigenvalue weighted by atomic mass is 10.1. The molecule has 0 saturated carbocycles. The van der Waals surface area contributed by atoms with Crippen LogP contribution in [0.1, 0.15) is 39.0 Å². The highest BCUT2D eigenvalue weighted by Gasteiger charge is 2.15. The van der Waals surface area contributed by atoms with Crippen molar-refractivity contribution in [1.29, 1.82) is 0 Å². The zero-order chi connectivity index (χ0) is 13.2. The molecular weight excluding hydrogens is 230 g/mol. The number of piperidine rings is 1. The molecule has 0 aliphatic carbocycles. The minimum atomic E-state index is 0.217. The second-order valence-electron chi connectivity index (χ2n) is 4.49. The number of hydrazine groups is 1. The molecule has 1 fully saturated rings. The maximum absolute atomic E-state index is 11.9. The number of likely N-dealkylation sites (tertiary alicyclic amines) is 1. The van der Waals surface area contributed by atoms with E-state index in [0.717, 1.165) is 38.9 Å². The first kappa shape index (κ1) is 14.8. The number of carbonyl (C=O) groups excluding carboxylic acids is 1. The summed E-state index contributed by atoms with van der Waals surface area (Å²) in [5.41, 5.74) is 2.50. The van der Waals surface area contributed by atoms with E-state index in [-0.39, 0.29) is 5.91 Å². The van der Waals surface area contributed by atoms with Crippen molar-refractivity contribution in [2.75, 3.05) is 26.2 Å². The van der Waals surface area contributed by atoms with E-state index in [1.807, 2.05) is 4.90 Å². The molecule has 1 aliphatic heterocycles. The van der Waals surface area contributed by atoms with Gasteiger partial charge in [0.2, 0.25) is 11.9 Å². The number of rotatable bonds is 5. The molecule has 0 aromatic rings. The number of nitrogens with zero attached hydrogens (tertiary/aromatic N) is 2. The molecule has 6 nitrogen and oxygen atoms in total. The molecule has 1 rings (SSSR count). The van der Waals surface area contributed by atoms with Crippen LogP contribution in [0.5, 0.6) is 0 Å². The van der Waals surface area contributed by atoms with E-state index in [9.17, 15) is 4.79 Å². The van der Waals surface area contributed by atoms with Gasteiger partial charge in [-0.25, -0.2) is 5.84 Å². The van der Waals surface area contributed by atoms with Crippen molar-refractivity contribution in [3.8, 4) is 0 Å². The van der Waals surface area contributed by atoms with Crippen LogP contribution in [0.2, 0.25) is 0 Å². The third-order valence-corrected chi connectivity index (χ3v) is 2.97. The average molecular weight is 255 g/mol. The summed E-state index contributed by atoms with van der Waals surface area (Å²) in [5.74, 6) is 6.11. The molecule has 0 bridgehead atoms. The van der Waals surface area contributed by atoms with E-state index in [2.05, 4.69) is 22.7 Å². The van der Waals surface area contributed by atoms with E-state index < -0.39 is 0 Å². The van der Waals surface area contributed by atoms with Gasteiger partial charge in [-0.15, -0.1) is 0 Å². The maximum Gasteiger partial charge on any atom is 0.224 e. The number of nitrogens with two attached hydrogens (primary N) is 1. The smallest absolute Gasteiger partial charge is 0.224 e. The zero-order valence-corrected chi connectivity index (χ0v) is 11.2. The SMILES string of the molecule is CCCN=C(NN)NCCC(=O)N1CCCCC1. The largest absolute Gasteiger partial charge is 0.355 e. The molecule has 0 unspecified atom stereocenters. The summed E-state index contributed by atoms with van der Waals surface area (Å²) in [6.07, 6.45) is 4.97. The van der Waals surface area contributed by atoms with Crippen molar-refractivity contribution >= 4 is 11.9 Å². The van der Waals surface area contributed by atoms with Gasteiger partial charge in [0.15, 0.2) is 0 Å². The summed E-state index contributed by atoms with van der Waals surface area (Å²) in [6.45, 7) is 5.17. The van der Waals surface area contributed by atoms with Crippen molar-refractivity contribution in [2.24, 2.45) is 10.8 Å². The molecule has 1 heterocycles. The van der Waals surface area contributed by atoms with Crippen LogP contribution in [0, 0.1) is 0 Å². The number of hydrogen-bond donors (Lipinski definition) is 3. The number of carbonyl (C=O) groups is 1. The molecule has 1 aliphatic rings. The Labute approximate surface area is 109 Å². The Hall–Kier alpha value is -1.30. The van der Waals surface area contributed by atoms with E-state index in [4.69, 9.17) is 5.84 Å². The van der Waals surface area contributed by atoms with Crippen LogP contribution >= 0.6 is 0 Å².